The molecule has 112 valence electrons. The highest BCUT2D eigenvalue weighted by Crippen LogP contribution is 2.36. The van der Waals surface area contributed by atoms with Gasteiger partial charge in [0.25, 0.3) is 0 Å². The van der Waals surface area contributed by atoms with Gasteiger partial charge < -0.3 is 4.74 Å². The van der Waals surface area contributed by atoms with Crippen LogP contribution < -0.4 is 0 Å². The average molecular weight is 299 g/mol. The predicted octanol–water partition coefficient (Wildman–Crippen LogP) is 0.712. The third-order valence-corrected chi connectivity index (χ3v) is 6.27. The summed E-state index contributed by atoms with van der Waals surface area (Å²) in [7, 11) is -3.13. The molecule has 2 heterocycles. The molecule has 1 aromatic heterocycles. The summed E-state index contributed by atoms with van der Waals surface area (Å²) in [6, 6.07) is 1.91. The molecule has 20 heavy (non-hydrogen) atoms. The number of hydrogen-bond acceptors (Lipinski definition) is 4. The van der Waals surface area contributed by atoms with E-state index in [9.17, 15) is 8.42 Å². The third kappa shape index (κ3) is 2.49. The molecule has 0 bridgehead atoms. The molecular weight excluding hydrogens is 278 g/mol. The number of hydrogen-bond donors (Lipinski definition) is 0. The summed E-state index contributed by atoms with van der Waals surface area (Å²) >= 11 is 0. The van der Waals surface area contributed by atoms with Crippen molar-refractivity contribution in [3.05, 3.63) is 18.5 Å². The quantitative estimate of drug-likeness (QED) is 0.821. The molecule has 3 atom stereocenters. The lowest BCUT2D eigenvalue weighted by Gasteiger charge is -2.38. The molecule has 7 heteroatoms. The Labute approximate surface area is 119 Å². The third-order valence-electron chi connectivity index (χ3n) is 4.37. The smallest absolute Gasteiger partial charge is 0.214 e. The Morgan fingerprint density at radius 2 is 2.25 bits per heavy atom. The lowest BCUT2D eigenvalue weighted by molar-refractivity contribution is -0.0490. The van der Waals surface area contributed by atoms with Gasteiger partial charge in [0.1, 0.15) is 0 Å². The van der Waals surface area contributed by atoms with Gasteiger partial charge in [0, 0.05) is 31.4 Å². The van der Waals surface area contributed by atoms with E-state index in [0.717, 1.165) is 19.4 Å². The zero-order chi connectivity index (χ0) is 14.2. The van der Waals surface area contributed by atoms with Crippen molar-refractivity contribution >= 4 is 10.0 Å². The van der Waals surface area contributed by atoms with Crippen LogP contribution in [0.3, 0.4) is 0 Å². The van der Waals surface area contributed by atoms with Crippen LogP contribution in [-0.2, 0) is 21.3 Å². The second kappa shape index (κ2) is 5.46. The standard InChI is InChI=1S/C13H21N3O3S/c1-2-20(17,18)16-8-9-19-13-11(4-5-12(13)16)10-15-7-3-6-14-15/h3,6-7,11-13H,2,4-5,8-10H2,1H3/t11-,12-,13-/m1/s1. The van der Waals surface area contributed by atoms with E-state index < -0.39 is 10.0 Å². The van der Waals surface area contributed by atoms with Crippen LogP contribution in [0.1, 0.15) is 19.8 Å². The molecule has 0 amide bonds. The van der Waals surface area contributed by atoms with Gasteiger partial charge in [-0.15, -0.1) is 0 Å². The molecule has 0 aromatic carbocycles. The van der Waals surface area contributed by atoms with Crippen molar-refractivity contribution in [3.8, 4) is 0 Å². The SMILES string of the molecule is CCS(=O)(=O)N1CCO[C@@H]2[C@@H](Cn3cccn3)CC[C@H]21. The Hall–Kier alpha value is -0.920. The lowest BCUT2D eigenvalue weighted by Crippen LogP contribution is -2.53. The van der Waals surface area contributed by atoms with Crippen LogP contribution >= 0.6 is 0 Å². The predicted molar refractivity (Wildman–Crippen MR) is 74.6 cm³/mol. The van der Waals surface area contributed by atoms with Crippen molar-refractivity contribution in [3.63, 3.8) is 0 Å². The van der Waals surface area contributed by atoms with Crippen LogP contribution in [0, 0.1) is 5.92 Å². The highest BCUT2D eigenvalue weighted by Gasteiger charge is 2.46. The van der Waals surface area contributed by atoms with Crippen molar-refractivity contribution in [2.45, 2.75) is 38.5 Å². The van der Waals surface area contributed by atoms with E-state index >= 15 is 0 Å². The molecule has 6 nitrogen and oxygen atoms in total. The molecule has 0 spiro atoms. The molecule has 1 saturated carbocycles. The Bertz CT molecular complexity index is 543. The molecular formula is C13H21N3O3S. The Morgan fingerprint density at radius 1 is 1.40 bits per heavy atom. The van der Waals surface area contributed by atoms with E-state index in [1.807, 2.05) is 16.9 Å². The van der Waals surface area contributed by atoms with Gasteiger partial charge in [0.05, 0.1) is 24.5 Å². The van der Waals surface area contributed by atoms with Crippen LogP contribution in [-0.4, -0.2) is 53.6 Å². The first-order valence-corrected chi connectivity index (χ1v) is 8.81. The van der Waals surface area contributed by atoms with E-state index in [0.29, 0.717) is 19.1 Å². The van der Waals surface area contributed by atoms with Gasteiger partial charge in [-0.3, -0.25) is 4.68 Å². The molecule has 0 radical (unpaired) electrons. The Balaban J connectivity index is 1.75. The topological polar surface area (TPSA) is 64.4 Å². The molecule has 1 aliphatic carbocycles. The van der Waals surface area contributed by atoms with Gasteiger partial charge in [0.2, 0.25) is 10.0 Å². The molecule has 3 rings (SSSR count). The van der Waals surface area contributed by atoms with Crippen LogP contribution in [0.4, 0.5) is 0 Å². The first kappa shape index (κ1) is 14.0. The summed E-state index contributed by atoms with van der Waals surface area (Å²) in [6.45, 7) is 3.49. The number of fused-ring (bicyclic) bond motifs is 1. The fourth-order valence-corrected chi connectivity index (χ4v) is 4.70. The van der Waals surface area contributed by atoms with Crippen LogP contribution in [0.25, 0.3) is 0 Å². The summed E-state index contributed by atoms with van der Waals surface area (Å²) < 4.78 is 33.8. The van der Waals surface area contributed by atoms with Gasteiger partial charge in [-0.25, -0.2) is 8.42 Å². The maximum absolute atomic E-state index is 12.2. The summed E-state index contributed by atoms with van der Waals surface area (Å²) in [4.78, 5) is 0. The zero-order valence-electron chi connectivity index (χ0n) is 11.7. The summed E-state index contributed by atoms with van der Waals surface area (Å²) in [5, 5.41) is 4.23. The maximum Gasteiger partial charge on any atom is 0.214 e. The van der Waals surface area contributed by atoms with Crippen molar-refractivity contribution < 1.29 is 13.2 Å². The summed E-state index contributed by atoms with van der Waals surface area (Å²) in [5.41, 5.74) is 0. The van der Waals surface area contributed by atoms with Crippen molar-refractivity contribution in [1.82, 2.24) is 14.1 Å². The minimum absolute atomic E-state index is 0.00858. The number of nitrogens with zero attached hydrogens (tertiary/aromatic N) is 3. The number of ether oxygens (including phenoxy) is 1. The minimum Gasteiger partial charge on any atom is -0.375 e. The maximum atomic E-state index is 12.2. The zero-order valence-corrected chi connectivity index (χ0v) is 12.5. The Kier molecular flexibility index (Phi) is 3.83. The van der Waals surface area contributed by atoms with E-state index in [1.165, 1.54) is 0 Å². The largest absolute Gasteiger partial charge is 0.375 e. The van der Waals surface area contributed by atoms with E-state index in [2.05, 4.69) is 5.10 Å². The van der Waals surface area contributed by atoms with Crippen LogP contribution in [0.5, 0.6) is 0 Å². The average Bonchev–Trinajstić information content (AvgIpc) is 3.09. The molecule has 0 N–H and O–H groups in total. The molecule has 2 aliphatic rings. The number of aromatic nitrogens is 2. The second-order valence-electron chi connectivity index (χ2n) is 5.48. The summed E-state index contributed by atoms with van der Waals surface area (Å²) in [5.74, 6) is 0.509. The van der Waals surface area contributed by atoms with Gasteiger partial charge in [0.15, 0.2) is 0 Å². The van der Waals surface area contributed by atoms with Gasteiger partial charge in [-0.05, 0) is 25.8 Å². The lowest BCUT2D eigenvalue weighted by atomic mass is 10.0. The number of rotatable bonds is 4. The van der Waals surface area contributed by atoms with Crippen molar-refractivity contribution in [2.75, 3.05) is 18.9 Å². The van der Waals surface area contributed by atoms with Gasteiger partial charge in [-0.2, -0.15) is 9.40 Å². The monoisotopic (exact) mass is 299 g/mol. The Morgan fingerprint density at radius 3 is 2.95 bits per heavy atom. The van der Waals surface area contributed by atoms with Gasteiger partial charge in [-0.1, -0.05) is 0 Å². The van der Waals surface area contributed by atoms with E-state index in [-0.39, 0.29) is 17.9 Å². The van der Waals surface area contributed by atoms with E-state index in [4.69, 9.17) is 4.74 Å². The fraction of sp³-hybridized carbons (Fsp3) is 0.769. The highest BCUT2D eigenvalue weighted by molar-refractivity contribution is 7.89. The van der Waals surface area contributed by atoms with E-state index in [1.54, 1.807) is 17.4 Å². The number of sulfonamides is 1. The second-order valence-corrected chi connectivity index (χ2v) is 7.69. The minimum atomic E-state index is -3.13. The molecule has 1 aliphatic heterocycles. The molecule has 2 fully saturated rings. The van der Waals surface area contributed by atoms with Gasteiger partial charge >= 0.3 is 0 Å². The molecule has 1 saturated heterocycles. The fourth-order valence-electron chi connectivity index (χ4n) is 3.38. The normalized spacial score (nSPS) is 31.4. The van der Waals surface area contributed by atoms with Crippen molar-refractivity contribution in [1.29, 1.82) is 0 Å². The first-order chi connectivity index (χ1) is 9.62. The van der Waals surface area contributed by atoms with Crippen LogP contribution in [0.15, 0.2) is 18.5 Å². The first-order valence-electron chi connectivity index (χ1n) is 7.20. The molecule has 0 unspecified atom stereocenters. The summed E-state index contributed by atoms with van der Waals surface area (Å²) in [6.07, 6.45) is 5.59. The van der Waals surface area contributed by atoms with Crippen LogP contribution in [0.2, 0.25) is 0 Å². The highest BCUT2D eigenvalue weighted by atomic mass is 32.2. The van der Waals surface area contributed by atoms with Crippen molar-refractivity contribution in [2.24, 2.45) is 5.92 Å². The molecule has 1 aromatic rings. The number of morpholine rings is 1.